The Kier molecular flexibility index (Phi) is 28.7. The van der Waals surface area contributed by atoms with Crippen molar-refractivity contribution >= 4 is 87.9 Å². The molecule has 2 fully saturated rings. The number of benzene rings is 2. The average Bonchev–Trinajstić information content (AvgIpc) is 1.76. The van der Waals surface area contributed by atoms with Gasteiger partial charge in [0.1, 0.15) is 60.1 Å². The van der Waals surface area contributed by atoms with Crippen LogP contribution in [-0.2, 0) is 76.7 Å². The smallest absolute Gasteiger partial charge is 0.330 e. The van der Waals surface area contributed by atoms with E-state index in [2.05, 4.69) is 67.9 Å². The number of hydrazine groups is 1. The molecule has 2 saturated heterocycles. The molecule has 0 spiro atoms. The molecule has 2 aliphatic rings. The zero-order valence-corrected chi connectivity index (χ0v) is 53.7. The summed E-state index contributed by atoms with van der Waals surface area (Å²) in [5.74, 6) is -9.42. The molecule has 12 amide bonds. The molecule has 4 heterocycles. The first-order chi connectivity index (χ1) is 44.9. The predicted octanol–water partition coefficient (Wildman–Crippen LogP) is -3.01. The fourth-order valence-corrected chi connectivity index (χ4v) is 10.2. The van der Waals surface area contributed by atoms with Gasteiger partial charge in [-0.15, -0.1) is 0 Å². The highest BCUT2D eigenvalue weighted by molar-refractivity contribution is 5.99. The maximum absolute atomic E-state index is 14.8. The van der Waals surface area contributed by atoms with E-state index < -0.39 is 138 Å². The summed E-state index contributed by atoms with van der Waals surface area (Å²) in [4.78, 5) is 176. The van der Waals surface area contributed by atoms with E-state index >= 15 is 0 Å². The van der Waals surface area contributed by atoms with Crippen molar-refractivity contribution in [3.8, 4) is 5.75 Å². The Labute approximate surface area is 546 Å². The Hall–Kier alpha value is -10.4. The van der Waals surface area contributed by atoms with Crippen LogP contribution in [0.5, 0.6) is 5.75 Å². The van der Waals surface area contributed by atoms with Gasteiger partial charge in [-0.1, -0.05) is 44.2 Å². The second kappa shape index (κ2) is 36.2. The quantitative estimate of drug-likeness (QED) is 0.0103. The molecule has 0 radical (unpaired) electrons. The number of imidazole rings is 1. The van der Waals surface area contributed by atoms with Crippen LogP contribution in [0.3, 0.4) is 0 Å². The summed E-state index contributed by atoms with van der Waals surface area (Å²) in [7, 11) is 0. The minimum atomic E-state index is -1.80. The predicted molar refractivity (Wildman–Crippen MR) is 342 cm³/mol. The molecule has 518 valence electrons. The number of aliphatic carboxylic acids is 1. The maximum atomic E-state index is 14.8. The molecule has 9 atom stereocenters. The number of aliphatic hydroxyl groups excluding tert-OH is 1. The Morgan fingerprint density at radius 3 is 1.89 bits per heavy atom. The van der Waals surface area contributed by atoms with E-state index in [0.717, 1.165) is 6.92 Å². The minimum absolute atomic E-state index is 0.00453. The molecule has 6 rings (SSSR count). The number of carboxylic acid groups (broad SMARTS) is 1. The monoisotopic (exact) mass is 1330 g/mol. The van der Waals surface area contributed by atoms with Gasteiger partial charge in [0, 0.05) is 74.7 Å². The van der Waals surface area contributed by atoms with Gasteiger partial charge in [0.2, 0.25) is 53.2 Å². The Morgan fingerprint density at radius 1 is 0.726 bits per heavy atom. The number of urea groups is 1. The Balaban J connectivity index is 0.00000397. The zero-order chi connectivity index (χ0) is 70.1. The number of aliphatic hydroxyl groups is 1. The number of guanidine groups is 1. The molecule has 21 N–H and O–H groups in total. The third-order valence-electron chi connectivity index (χ3n) is 14.8. The third-order valence-corrected chi connectivity index (χ3v) is 14.8. The van der Waals surface area contributed by atoms with E-state index in [1.165, 1.54) is 41.7 Å². The lowest BCUT2D eigenvalue weighted by atomic mass is 10.0. The molecule has 95 heavy (non-hydrogen) atoms. The van der Waals surface area contributed by atoms with Crippen molar-refractivity contribution in [2.75, 3.05) is 26.3 Å². The number of nitrogens with one attached hydrogen (secondary N) is 12. The van der Waals surface area contributed by atoms with Gasteiger partial charge in [-0.3, -0.25) is 63.2 Å². The largest absolute Gasteiger partial charge is 0.508 e. The van der Waals surface area contributed by atoms with E-state index in [-0.39, 0.29) is 94.4 Å². The van der Waals surface area contributed by atoms with Gasteiger partial charge < -0.3 is 94.7 Å². The van der Waals surface area contributed by atoms with Gasteiger partial charge in [-0.2, -0.15) is 0 Å². The van der Waals surface area contributed by atoms with E-state index in [1.807, 2.05) is 5.43 Å². The summed E-state index contributed by atoms with van der Waals surface area (Å²) in [6.45, 7) is 8.36. The maximum Gasteiger partial charge on any atom is 0.330 e. The summed E-state index contributed by atoms with van der Waals surface area (Å²) in [5, 5.41) is 50.2. The van der Waals surface area contributed by atoms with Crippen molar-refractivity contribution in [2.45, 2.75) is 166 Å². The van der Waals surface area contributed by atoms with Crippen molar-refractivity contribution in [3.63, 3.8) is 0 Å². The van der Waals surface area contributed by atoms with Crippen LogP contribution in [0, 0.1) is 5.92 Å². The van der Waals surface area contributed by atoms with Crippen LogP contribution in [0.1, 0.15) is 103 Å². The first kappa shape index (κ1) is 75.3. The lowest BCUT2D eigenvalue weighted by molar-refractivity contribution is -0.142. The number of phenolic OH excluding ortho intramolecular Hbond substituents is 1. The lowest BCUT2D eigenvalue weighted by Crippen LogP contribution is -2.62. The van der Waals surface area contributed by atoms with Gasteiger partial charge in [0.15, 0.2) is 5.96 Å². The average molecular weight is 1330 g/mol. The number of likely N-dealkylation sites (tertiary alicyclic amines) is 1. The standard InChI is InChI=1S/C59H84N18O14.C2H4O2/c1-31(2)22-40(49(82)68-39(12-8-20-64-57(60)61)56(89)77-21-9-13-46(77)55(88)75-76-58(62)90)69-54(87)45(29-91-59(3,4)5)74-50(83)41(23-32-14-16-35(79)17-15-32)70-53(86)44(28-78)73-51(84)42(24-33-26-65-37-11-7-6-10-36(33)37)71-52(85)43(25-34-27-63-30-66-34)72-48(81)38-18-19-47(80)67-38;1-2(3)4/h6-7,10-11,14-17,26-27,30-31,38-46,65,78-79H,8-9,12-13,18-25,28-29H2,1-5H3,(H,63,66)(H,67,80)(H,68,82)(H,69,87)(H,70,86)(H,71,85)(H,72,81)(H,73,84)(H,74,83)(H,75,88)(H4,60,61,64)(H3,62,76,90);1H3,(H,3,4)/t38-,39-,40+,41-,42-,43-,44-,45+,46-;/m0./s1. The first-order valence-electron chi connectivity index (χ1n) is 30.8. The summed E-state index contributed by atoms with van der Waals surface area (Å²) >= 11 is 0. The van der Waals surface area contributed by atoms with Crippen LogP contribution in [-0.4, -0.2) is 198 Å². The molecule has 34 heteroatoms. The molecule has 34 nitrogen and oxygen atoms in total. The number of phenols is 1. The second-order valence-corrected chi connectivity index (χ2v) is 24.2. The summed E-state index contributed by atoms with van der Waals surface area (Å²) in [6, 6.07) is -0.716. The van der Waals surface area contributed by atoms with Gasteiger partial charge in [0.25, 0.3) is 11.9 Å². The number of aromatic hydroxyl groups is 1. The van der Waals surface area contributed by atoms with Crippen LogP contribution < -0.4 is 70.6 Å². The van der Waals surface area contributed by atoms with Crippen LogP contribution >= 0.6 is 0 Å². The molecule has 2 aliphatic heterocycles. The summed E-state index contributed by atoms with van der Waals surface area (Å²) in [5.41, 5.74) is 21.6. The van der Waals surface area contributed by atoms with Gasteiger partial charge in [0.05, 0.1) is 25.1 Å². The number of nitrogens with two attached hydrogens (primary N) is 3. The number of carbonyl (C=O) groups excluding carboxylic acids is 11. The molecular weight excluding hydrogens is 1240 g/mol. The van der Waals surface area contributed by atoms with Crippen LogP contribution in [0.2, 0.25) is 0 Å². The van der Waals surface area contributed by atoms with Crippen molar-refractivity contribution < 1.29 is 77.6 Å². The number of carboxylic acids is 1. The number of H-pyrrole nitrogens is 2. The molecule has 2 aromatic heterocycles. The van der Waals surface area contributed by atoms with Crippen LogP contribution in [0.15, 0.2) is 72.2 Å². The Bertz CT molecular complexity index is 3340. The number of aliphatic imine (C=N–C) groups is 1. The Morgan fingerprint density at radius 2 is 1.31 bits per heavy atom. The fraction of sp³-hybridized carbons (Fsp3) is 0.508. The normalized spacial score (nSPS) is 16.5. The number of hydrogen-bond acceptors (Lipinski definition) is 17. The fourth-order valence-electron chi connectivity index (χ4n) is 10.2. The number of primary amides is 1. The molecule has 0 saturated carbocycles. The highest BCUT2D eigenvalue weighted by Crippen LogP contribution is 2.22. The SMILES string of the molecule is CC(=O)O.CC(C)C[C@@H](NC(=O)[C@@H](COC(C)(C)C)NC(=O)[C@H](Cc1ccc(O)cc1)NC(=O)[C@H](CO)NC(=O)[C@H](Cc1c[nH]c2ccccc12)NC(=O)[C@H](Cc1cnc[nH]1)NC(=O)[C@@H]1CCC(=O)N1)C(=O)N[C@@H](CCCN=C(N)N)C(=O)N1CCC[C@H]1C(=O)NNC(N)=O. The topological polar surface area (TPSA) is 533 Å². The minimum Gasteiger partial charge on any atom is -0.508 e. The number of fused-ring (bicyclic) bond motifs is 1. The molecule has 2 aromatic carbocycles. The van der Waals surface area contributed by atoms with E-state index in [0.29, 0.717) is 34.1 Å². The third kappa shape index (κ3) is 24.9. The highest BCUT2D eigenvalue weighted by atomic mass is 16.5. The summed E-state index contributed by atoms with van der Waals surface area (Å²) in [6.07, 6.45) is 4.91. The van der Waals surface area contributed by atoms with E-state index in [4.69, 9.17) is 31.8 Å². The molecule has 0 bridgehead atoms. The number of aromatic amines is 2. The van der Waals surface area contributed by atoms with Crippen molar-refractivity contribution in [2.24, 2.45) is 28.1 Å². The van der Waals surface area contributed by atoms with Crippen LogP contribution in [0.25, 0.3) is 10.9 Å². The number of amides is 12. The number of nitrogens with zero attached hydrogens (tertiary/aromatic N) is 3. The van der Waals surface area contributed by atoms with Gasteiger partial charge in [-0.05, 0) is 94.5 Å². The second-order valence-electron chi connectivity index (χ2n) is 24.2. The molecule has 0 aliphatic carbocycles. The molecular formula is C61H88N18O16. The number of hydrogen-bond donors (Lipinski definition) is 18. The lowest BCUT2D eigenvalue weighted by Gasteiger charge is -2.31. The van der Waals surface area contributed by atoms with Gasteiger partial charge >= 0.3 is 6.03 Å². The number of rotatable bonds is 31. The zero-order valence-electron chi connectivity index (χ0n) is 53.7. The summed E-state index contributed by atoms with van der Waals surface area (Å²) < 4.78 is 6.03. The van der Waals surface area contributed by atoms with Gasteiger partial charge in [-0.25, -0.2) is 15.2 Å². The van der Waals surface area contributed by atoms with Crippen molar-refractivity contribution in [1.82, 2.24) is 73.2 Å². The highest BCUT2D eigenvalue weighted by Gasteiger charge is 2.40. The number of aromatic nitrogens is 3. The number of ether oxygens (including phenoxy) is 1. The van der Waals surface area contributed by atoms with Crippen molar-refractivity contribution in [1.29, 1.82) is 0 Å². The number of carbonyl (C=O) groups is 12. The molecule has 4 aromatic rings. The van der Waals surface area contributed by atoms with Crippen molar-refractivity contribution in [3.05, 3.63) is 84.1 Å². The first-order valence-corrected chi connectivity index (χ1v) is 30.8. The van der Waals surface area contributed by atoms with Crippen LogP contribution in [0.4, 0.5) is 4.79 Å². The van der Waals surface area contributed by atoms with E-state index in [1.54, 1.807) is 65.1 Å². The molecule has 0 unspecified atom stereocenters. The van der Waals surface area contributed by atoms with E-state index in [9.17, 15) is 63.0 Å². The number of para-hydroxylation sites is 1.